The Hall–Kier alpha value is -2.29. The summed E-state index contributed by atoms with van der Waals surface area (Å²) in [5.41, 5.74) is 1.83. The Morgan fingerprint density at radius 1 is 1.09 bits per heavy atom. The highest BCUT2D eigenvalue weighted by atomic mass is 35.5. The van der Waals surface area contributed by atoms with E-state index in [9.17, 15) is 18.0 Å². The SMILES string of the molecule is CC[C@@H](C(=O)NC)N(Cc1ccc(Cl)cc1Cl)C(=O)CN(c1ccccc1C(C)C)S(C)(=O)=O. The number of likely N-dealkylation sites (N-methyl/N-ethyl adjacent to an activating group) is 1. The van der Waals surface area contributed by atoms with E-state index >= 15 is 0 Å². The smallest absolute Gasteiger partial charge is 0.244 e. The number of carbonyl (C=O) groups excluding carboxylic acids is 2. The first-order valence-electron chi connectivity index (χ1n) is 10.9. The largest absolute Gasteiger partial charge is 0.357 e. The lowest BCUT2D eigenvalue weighted by Gasteiger charge is -2.33. The van der Waals surface area contributed by atoms with Crippen LogP contribution in [0.2, 0.25) is 10.0 Å². The lowest BCUT2D eigenvalue weighted by Crippen LogP contribution is -2.51. The maximum Gasteiger partial charge on any atom is 0.244 e. The quantitative estimate of drug-likeness (QED) is 0.494. The molecule has 0 saturated carbocycles. The molecule has 0 spiro atoms. The minimum Gasteiger partial charge on any atom is -0.357 e. The number of rotatable bonds is 10. The molecule has 2 aromatic carbocycles. The van der Waals surface area contributed by atoms with E-state index < -0.39 is 28.5 Å². The maximum absolute atomic E-state index is 13.6. The van der Waals surface area contributed by atoms with Crippen molar-refractivity contribution in [1.29, 1.82) is 0 Å². The molecule has 0 aliphatic rings. The standard InChI is InChI=1S/C24H31Cl2N3O4S/c1-6-21(24(31)27-4)28(14-17-11-12-18(25)13-20(17)26)23(30)15-29(34(5,32)33)22-10-8-7-9-19(22)16(2)3/h7-13,16,21H,6,14-15H2,1-5H3,(H,27,31)/t21-/m0/s1. The molecule has 7 nitrogen and oxygen atoms in total. The minimum atomic E-state index is -3.81. The predicted molar refractivity (Wildman–Crippen MR) is 138 cm³/mol. The lowest BCUT2D eigenvalue weighted by atomic mass is 10.0. The fraction of sp³-hybridized carbons (Fsp3) is 0.417. The monoisotopic (exact) mass is 527 g/mol. The van der Waals surface area contributed by atoms with E-state index in [0.717, 1.165) is 16.1 Å². The summed E-state index contributed by atoms with van der Waals surface area (Å²) in [6, 6.07) is 11.2. The summed E-state index contributed by atoms with van der Waals surface area (Å²) in [6.07, 6.45) is 1.39. The van der Waals surface area contributed by atoms with E-state index in [-0.39, 0.29) is 18.4 Å². The molecule has 1 atom stereocenters. The average molecular weight is 529 g/mol. The molecule has 0 aliphatic heterocycles. The molecule has 0 fully saturated rings. The number of carbonyl (C=O) groups is 2. The molecule has 2 aromatic rings. The molecule has 0 aliphatic carbocycles. The highest BCUT2D eigenvalue weighted by Gasteiger charge is 2.32. The Kier molecular flexibility index (Phi) is 9.79. The van der Waals surface area contributed by atoms with Gasteiger partial charge in [0.1, 0.15) is 12.6 Å². The van der Waals surface area contributed by atoms with Gasteiger partial charge < -0.3 is 10.2 Å². The summed E-state index contributed by atoms with van der Waals surface area (Å²) >= 11 is 12.3. The van der Waals surface area contributed by atoms with Crippen LogP contribution in [0, 0.1) is 0 Å². The van der Waals surface area contributed by atoms with Gasteiger partial charge >= 0.3 is 0 Å². The molecule has 0 aromatic heterocycles. The fourth-order valence-corrected chi connectivity index (χ4v) is 5.05. The molecule has 10 heteroatoms. The number of anilines is 1. The van der Waals surface area contributed by atoms with Crippen LogP contribution >= 0.6 is 23.2 Å². The zero-order valence-corrected chi connectivity index (χ0v) is 22.3. The normalized spacial score (nSPS) is 12.4. The Morgan fingerprint density at radius 3 is 2.26 bits per heavy atom. The highest BCUT2D eigenvalue weighted by molar-refractivity contribution is 7.92. The topological polar surface area (TPSA) is 86.8 Å². The van der Waals surface area contributed by atoms with Crippen molar-refractivity contribution in [2.24, 2.45) is 0 Å². The van der Waals surface area contributed by atoms with Crippen LogP contribution in [0.15, 0.2) is 42.5 Å². The minimum absolute atomic E-state index is 0.0180. The van der Waals surface area contributed by atoms with E-state index in [1.165, 1.54) is 11.9 Å². The van der Waals surface area contributed by atoms with Crippen LogP contribution in [0.1, 0.15) is 44.2 Å². The summed E-state index contributed by atoms with van der Waals surface area (Å²) in [6.45, 7) is 5.25. The van der Waals surface area contributed by atoms with Gasteiger partial charge in [-0.3, -0.25) is 13.9 Å². The van der Waals surface area contributed by atoms with E-state index in [2.05, 4.69) is 5.32 Å². The molecule has 0 unspecified atom stereocenters. The van der Waals surface area contributed by atoms with Crippen LogP contribution in [0.4, 0.5) is 5.69 Å². The maximum atomic E-state index is 13.6. The molecular formula is C24H31Cl2N3O4S. The second-order valence-corrected chi connectivity index (χ2v) is 11.0. The molecule has 1 N–H and O–H groups in total. The van der Waals surface area contributed by atoms with Gasteiger partial charge in [0, 0.05) is 23.6 Å². The number of benzene rings is 2. The van der Waals surface area contributed by atoms with Gasteiger partial charge in [-0.05, 0) is 41.7 Å². The van der Waals surface area contributed by atoms with Crippen molar-refractivity contribution >= 4 is 50.7 Å². The highest BCUT2D eigenvalue weighted by Crippen LogP contribution is 2.30. The Bertz CT molecular complexity index is 1140. The van der Waals surface area contributed by atoms with Crippen LogP contribution < -0.4 is 9.62 Å². The van der Waals surface area contributed by atoms with Crippen molar-refractivity contribution in [3.8, 4) is 0 Å². The molecule has 2 rings (SSSR count). The molecule has 186 valence electrons. The van der Waals surface area contributed by atoms with Crippen LogP contribution in [0.25, 0.3) is 0 Å². The van der Waals surface area contributed by atoms with E-state index in [4.69, 9.17) is 23.2 Å². The van der Waals surface area contributed by atoms with Crippen LogP contribution in [0.3, 0.4) is 0 Å². The summed E-state index contributed by atoms with van der Waals surface area (Å²) in [5.74, 6) is -0.839. The summed E-state index contributed by atoms with van der Waals surface area (Å²) in [4.78, 5) is 27.6. The van der Waals surface area contributed by atoms with Crippen molar-refractivity contribution in [2.45, 2.75) is 45.7 Å². The number of amides is 2. The van der Waals surface area contributed by atoms with Crippen LogP contribution in [-0.2, 0) is 26.2 Å². The molecule has 0 heterocycles. The second kappa shape index (κ2) is 11.9. The number of nitrogens with zero attached hydrogens (tertiary/aromatic N) is 2. The van der Waals surface area contributed by atoms with E-state index in [1.54, 1.807) is 37.3 Å². The first kappa shape index (κ1) is 28.0. The molecule has 0 bridgehead atoms. The lowest BCUT2D eigenvalue weighted by molar-refractivity contribution is -0.140. The number of para-hydroxylation sites is 1. The predicted octanol–water partition coefficient (Wildman–Crippen LogP) is 4.44. The number of hydrogen-bond acceptors (Lipinski definition) is 4. The van der Waals surface area contributed by atoms with Gasteiger partial charge in [-0.1, -0.05) is 68.2 Å². The molecule has 2 amide bonds. The first-order chi connectivity index (χ1) is 15.9. The molecular weight excluding hydrogens is 497 g/mol. The van der Waals surface area contributed by atoms with Crippen molar-refractivity contribution in [3.05, 3.63) is 63.6 Å². The second-order valence-electron chi connectivity index (χ2n) is 8.28. The third-order valence-corrected chi connectivity index (χ3v) is 7.21. The van der Waals surface area contributed by atoms with Gasteiger partial charge in [-0.2, -0.15) is 0 Å². The Balaban J connectivity index is 2.52. The summed E-state index contributed by atoms with van der Waals surface area (Å²) in [5, 5.41) is 3.37. The van der Waals surface area contributed by atoms with Crippen LogP contribution in [0.5, 0.6) is 0 Å². The van der Waals surface area contributed by atoms with E-state index in [1.807, 2.05) is 26.0 Å². The third-order valence-electron chi connectivity index (χ3n) is 5.49. The van der Waals surface area contributed by atoms with E-state index in [0.29, 0.717) is 27.7 Å². The number of sulfonamides is 1. The average Bonchev–Trinajstić information content (AvgIpc) is 2.77. The Labute approximate surface area is 212 Å². The van der Waals surface area contributed by atoms with Crippen molar-refractivity contribution in [3.63, 3.8) is 0 Å². The zero-order valence-electron chi connectivity index (χ0n) is 20.0. The Morgan fingerprint density at radius 2 is 1.74 bits per heavy atom. The van der Waals surface area contributed by atoms with Gasteiger partial charge in [0.05, 0.1) is 11.9 Å². The van der Waals surface area contributed by atoms with Gasteiger partial charge in [0.25, 0.3) is 0 Å². The van der Waals surface area contributed by atoms with Crippen molar-refractivity contribution in [2.75, 3.05) is 24.2 Å². The van der Waals surface area contributed by atoms with Gasteiger partial charge in [0.15, 0.2) is 0 Å². The fourth-order valence-electron chi connectivity index (χ4n) is 3.72. The first-order valence-corrected chi connectivity index (χ1v) is 13.5. The van der Waals surface area contributed by atoms with Gasteiger partial charge in [0.2, 0.25) is 21.8 Å². The number of halogens is 2. The number of nitrogens with one attached hydrogen (secondary N) is 1. The zero-order chi connectivity index (χ0) is 25.6. The molecule has 0 radical (unpaired) electrons. The van der Waals surface area contributed by atoms with Crippen LogP contribution in [-0.4, -0.2) is 51.0 Å². The third kappa shape index (κ3) is 6.87. The van der Waals surface area contributed by atoms with Gasteiger partial charge in [-0.25, -0.2) is 8.42 Å². The van der Waals surface area contributed by atoms with Crippen molar-refractivity contribution in [1.82, 2.24) is 10.2 Å². The molecule has 34 heavy (non-hydrogen) atoms. The van der Waals surface area contributed by atoms with Gasteiger partial charge in [-0.15, -0.1) is 0 Å². The number of hydrogen-bond donors (Lipinski definition) is 1. The van der Waals surface area contributed by atoms with Crippen molar-refractivity contribution < 1.29 is 18.0 Å². The summed E-state index contributed by atoms with van der Waals surface area (Å²) in [7, 11) is -2.31. The summed E-state index contributed by atoms with van der Waals surface area (Å²) < 4.78 is 26.7. The molecule has 0 saturated heterocycles.